The van der Waals surface area contributed by atoms with Crippen molar-refractivity contribution in [3.8, 4) is 0 Å². The van der Waals surface area contributed by atoms with Crippen molar-refractivity contribution in [1.82, 2.24) is 15.3 Å². The summed E-state index contributed by atoms with van der Waals surface area (Å²) in [5.41, 5.74) is -0.531. The predicted molar refractivity (Wildman–Crippen MR) is 70.0 cm³/mol. The van der Waals surface area contributed by atoms with Crippen LogP contribution < -0.4 is 40.0 Å². The van der Waals surface area contributed by atoms with Crippen LogP contribution in [0.1, 0.15) is 31.5 Å². The maximum Gasteiger partial charge on any atom is 1.00 e. The van der Waals surface area contributed by atoms with Crippen molar-refractivity contribution < 1.29 is 44.3 Å². The molecule has 0 unspecified atom stereocenters. The summed E-state index contributed by atoms with van der Waals surface area (Å²) < 4.78 is 0.779. The van der Waals surface area contributed by atoms with Crippen molar-refractivity contribution in [2.24, 2.45) is 11.8 Å². The Morgan fingerprint density at radius 1 is 1.29 bits per heavy atom. The van der Waals surface area contributed by atoms with Crippen LogP contribution in [0.5, 0.6) is 0 Å². The molecule has 0 spiro atoms. The third-order valence-corrected chi connectivity index (χ3v) is 4.46. The fourth-order valence-electron chi connectivity index (χ4n) is 2.57. The van der Waals surface area contributed by atoms with Gasteiger partial charge in [-0.2, -0.15) is 0 Å². The normalized spacial score (nSPS) is 25.2. The molecular formula is C13H13BrN3NaO3. The molecule has 2 aliphatic rings. The van der Waals surface area contributed by atoms with Gasteiger partial charge in [-0.05, 0) is 41.6 Å². The fraction of sp³-hybridized carbons (Fsp3) is 0.538. The van der Waals surface area contributed by atoms with Gasteiger partial charge in [0.05, 0.1) is 10.0 Å². The minimum absolute atomic E-state index is 0. The monoisotopic (exact) mass is 361 g/mol. The van der Waals surface area contributed by atoms with Gasteiger partial charge in [-0.1, -0.05) is 0 Å². The second-order valence-electron chi connectivity index (χ2n) is 5.42. The molecule has 21 heavy (non-hydrogen) atoms. The number of nitrogens with zero attached hydrogens (tertiary/aromatic N) is 2. The summed E-state index contributed by atoms with van der Waals surface area (Å²) >= 11 is 3.28. The summed E-state index contributed by atoms with van der Waals surface area (Å²) in [5, 5.41) is 13.7. The van der Waals surface area contributed by atoms with Crippen LogP contribution in [0.4, 0.5) is 0 Å². The van der Waals surface area contributed by atoms with E-state index in [4.69, 9.17) is 0 Å². The van der Waals surface area contributed by atoms with Gasteiger partial charge in [0.25, 0.3) is 0 Å². The van der Waals surface area contributed by atoms with E-state index in [0.29, 0.717) is 12.2 Å². The third kappa shape index (κ3) is 3.31. The number of amides is 1. The number of rotatable bonds is 4. The van der Waals surface area contributed by atoms with Gasteiger partial charge < -0.3 is 15.2 Å². The van der Waals surface area contributed by atoms with E-state index < -0.39 is 23.3 Å². The van der Waals surface area contributed by atoms with E-state index in [-0.39, 0.29) is 35.5 Å². The molecule has 0 bridgehead atoms. The average Bonchev–Trinajstić information content (AvgIpc) is 3.15. The molecule has 0 radical (unpaired) electrons. The molecule has 1 amide bonds. The number of carbonyl (C=O) groups excluding carboxylic acids is 2. The Balaban J connectivity index is 0.00000161. The van der Waals surface area contributed by atoms with Crippen LogP contribution in [0, 0.1) is 11.8 Å². The Bertz CT molecular complexity index is 562. The van der Waals surface area contributed by atoms with Crippen LogP contribution >= 0.6 is 15.9 Å². The molecule has 1 heterocycles. The first kappa shape index (κ1) is 16.9. The van der Waals surface area contributed by atoms with Gasteiger partial charge in [0.15, 0.2) is 5.82 Å². The van der Waals surface area contributed by atoms with Gasteiger partial charge in [-0.15, -0.1) is 0 Å². The van der Waals surface area contributed by atoms with Gasteiger partial charge in [0, 0.05) is 30.2 Å². The van der Waals surface area contributed by atoms with Gasteiger partial charge in [0.1, 0.15) is 0 Å². The minimum Gasteiger partial charge on any atom is -0.550 e. The van der Waals surface area contributed by atoms with Crippen LogP contribution in [-0.2, 0) is 15.1 Å². The van der Waals surface area contributed by atoms with E-state index in [1.807, 2.05) is 0 Å². The zero-order valence-corrected chi connectivity index (χ0v) is 15.2. The Morgan fingerprint density at radius 3 is 2.33 bits per heavy atom. The van der Waals surface area contributed by atoms with Gasteiger partial charge >= 0.3 is 29.6 Å². The van der Waals surface area contributed by atoms with Crippen molar-refractivity contribution in [3.05, 3.63) is 22.7 Å². The molecule has 6 nitrogen and oxygen atoms in total. The van der Waals surface area contributed by atoms with E-state index in [0.717, 1.165) is 23.7 Å². The first-order valence-corrected chi connectivity index (χ1v) is 7.32. The van der Waals surface area contributed by atoms with Gasteiger partial charge in [0.2, 0.25) is 5.91 Å². The number of carboxylic acids is 1. The molecule has 3 rings (SSSR count). The standard InChI is InChI=1S/C13H14BrN3O3.Na/c14-7-5-15-12(16-6-7)13(2-1-3-13)17-10(18)8-4-9(8)11(19)20;/h5-6,8-9H,1-4H2,(H,17,18)(H,19,20);/q;+1/p-1/t8-,9+;/m0./s1. The molecule has 106 valence electrons. The Morgan fingerprint density at radius 2 is 1.90 bits per heavy atom. The largest absolute Gasteiger partial charge is 1.00 e. The maximum atomic E-state index is 12.1. The molecule has 1 aromatic rings. The van der Waals surface area contributed by atoms with E-state index in [2.05, 4.69) is 31.2 Å². The van der Waals surface area contributed by atoms with Crippen LogP contribution in [0.3, 0.4) is 0 Å². The zero-order valence-electron chi connectivity index (χ0n) is 11.6. The van der Waals surface area contributed by atoms with Crippen LogP contribution in [0.2, 0.25) is 0 Å². The minimum atomic E-state index is -1.15. The summed E-state index contributed by atoms with van der Waals surface area (Å²) in [6.45, 7) is 0. The van der Waals surface area contributed by atoms with E-state index in [1.165, 1.54) is 0 Å². The number of halogens is 1. The molecule has 0 aromatic carbocycles. The van der Waals surface area contributed by atoms with Crippen LogP contribution in [0.25, 0.3) is 0 Å². The predicted octanol–water partition coefficient (Wildman–Crippen LogP) is -2.88. The maximum absolute atomic E-state index is 12.1. The van der Waals surface area contributed by atoms with Gasteiger partial charge in [-0.25, -0.2) is 9.97 Å². The Hall–Kier alpha value is -0.500. The Labute approximate surface area is 152 Å². The second kappa shape index (κ2) is 6.32. The van der Waals surface area contributed by atoms with E-state index in [1.54, 1.807) is 12.4 Å². The summed E-state index contributed by atoms with van der Waals surface area (Å²) in [5.74, 6) is -1.89. The van der Waals surface area contributed by atoms with E-state index >= 15 is 0 Å². The second-order valence-corrected chi connectivity index (χ2v) is 6.33. The molecule has 2 saturated carbocycles. The number of hydrogen-bond donors (Lipinski definition) is 1. The van der Waals surface area contributed by atoms with Crippen molar-refractivity contribution in [2.45, 2.75) is 31.2 Å². The van der Waals surface area contributed by atoms with Crippen molar-refractivity contribution in [3.63, 3.8) is 0 Å². The average molecular weight is 362 g/mol. The quantitative estimate of drug-likeness (QED) is 0.581. The summed E-state index contributed by atoms with van der Waals surface area (Å²) in [7, 11) is 0. The first-order chi connectivity index (χ1) is 9.52. The molecule has 1 aromatic heterocycles. The van der Waals surface area contributed by atoms with E-state index in [9.17, 15) is 14.7 Å². The molecule has 0 aliphatic heterocycles. The number of carbonyl (C=O) groups is 2. The summed E-state index contributed by atoms with van der Waals surface area (Å²) in [4.78, 5) is 31.3. The summed E-state index contributed by atoms with van der Waals surface area (Å²) in [6.07, 6.45) is 6.22. The third-order valence-electron chi connectivity index (χ3n) is 4.05. The smallest absolute Gasteiger partial charge is 0.550 e. The van der Waals surface area contributed by atoms with Crippen LogP contribution in [0.15, 0.2) is 16.9 Å². The Kier molecular flexibility index (Phi) is 5.07. The number of carboxylic acid groups (broad SMARTS) is 1. The van der Waals surface area contributed by atoms with Crippen molar-refractivity contribution in [1.29, 1.82) is 0 Å². The topological polar surface area (TPSA) is 95.0 Å². The zero-order chi connectivity index (χ0) is 14.3. The molecule has 2 fully saturated rings. The summed E-state index contributed by atoms with van der Waals surface area (Å²) in [6, 6.07) is 0. The van der Waals surface area contributed by atoms with Crippen molar-refractivity contribution in [2.75, 3.05) is 0 Å². The molecular weight excluding hydrogens is 349 g/mol. The number of hydrogen-bond acceptors (Lipinski definition) is 5. The molecule has 8 heteroatoms. The van der Waals surface area contributed by atoms with Crippen molar-refractivity contribution >= 4 is 27.8 Å². The number of aliphatic carboxylic acids is 1. The number of nitrogens with one attached hydrogen (secondary N) is 1. The molecule has 2 atom stereocenters. The fourth-order valence-corrected chi connectivity index (χ4v) is 2.77. The van der Waals surface area contributed by atoms with Crippen LogP contribution in [-0.4, -0.2) is 21.8 Å². The molecule has 2 aliphatic carbocycles. The number of aromatic nitrogens is 2. The first-order valence-electron chi connectivity index (χ1n) is 6.53. The molecule has 0 saturated heterocycles. The molecule has 1 N–H and O–H groups in total. The van der Waals surface area contributed by atoms with Gasteiger partial charge in [-0.3, -0.25) is 4.79 Å². The SMILES string of the molecule is O=C(NC1(c2ncc(Br)cn2)CCC1)[C@H]1C[C@H]1C(=O)[O-].[Na+].